The maximum Gasteiger partial charge on any atom is 0.418 e. The van der Waals surface area contributed by atoms with Crippen LogP contribution in [0.2, 0.25) is 5.02 Å². The largest absolute Gasteiger partial charge is 0.418 e. The van der Waals surface area contributed by atoms with Gasteiger partial charge in [-0.25, -0.2) is 0 Å². The molecule has 106 valence electrons. The highest BCUT2D eigenvalue weighted by Gasteiger charge is 2.34. The van der Waals surface area contributed by atoms with Gasteiger partial charge in [-0.1, -0.05) is 18.5 Å². The van der Waals surface area contributed by atoms with Crippen molar-refractivity contribution in [2.45, 2.75) is 19.5 Å². The minimum atomic E-state index is -4.58. The Bertz CT molecular complexity index is 463. The number of nitrogens with one attached hydrogen (secondary N) is 1. The van der Waals surface area contributed by atoms with Crippen LogP contribution in [-0.4, -0.2) is 12.5 Å². The minimum absolute atomic E-state index is 0.0411. The zero-order chi connectivity index (χ0) is 14.6. The van der Waals surface area contributed by atoms with Gasteiger partial charge in [-0.15, -0.1) is 0 Å². The van der Waals surface area contributed by atoms with E-state index in [-0.39, 0.29) is 23.0 Å². The molecule has 0 bridgehead atoms. The van der Waals surface area contributed by atoms with E-state index in [1.807, 2.05) is 0 Å². The Kier molecular flexibility index (Phi) is 5.20. The van der Waals surface area contributed by atoms with Gasteiger partial charge in [0, 0.05) is 11.4 Å². The Labute approximate surface area is 113 Å². The van der Waals surface area contributed by atoms with Crippen LogP contribution in [0.15, 0.2) is 18.2 Å². The maximum atomic E-state index is 12.8. The second-order valence-electron chi connectivity index (χ2n) is 4.28. The van der Waals surface area contributed by atoms with E-state index in [0.29, 0.717) is 6.54 Å². The molecule has 7 heteroatoms. The van der Waals surface area contributed by atoms with Crippen LogP contribution in [0.1, 0.15) is 18.9 Å². The van der Waals surface area contributed by atoms with Gasteiger partial charge in [0.25, 0.3) is 0 Å². The maximum absolute atomic E-state index is 12.8. The number of amides is 1. The van der Waals surface area contributed by atoms with Crippen molar-refractivity contribution in [1.29, 1.82) is 0 Å². The van der Waals surface area contributed by atoms with Crippen LogP contribution in [0.25, 0.3) is 0 Å². The topological polar surface area (TPSA) is 55.1 Å². The molecule has 0 saturated heterocycles. The van der Waals surface area contributed by atoms with E-state index in [0.717, 1.165) is 12.1 Å². The molecule has 0 aliphatic rings. The number of nitrogens with two attached hydrogens (primary N) is 1. The Morgan fingerprint density at radius 1 is 1.47 bits per heavy atom. The number of carbonyl (C=O) groups excluding carboxylic acids is 1. The van der Waals surface area contributed by atoms with E-state index in [4.69, 9.17) is 17.3 Å². The molecule has 3 nitrogen and oxygen atoms in total. The number of benzene rings is 1. The van der Waals surface area contributed by atoms with Crippen LogP contribution in [0.3, 0.4) is 0 Å². The lowest BCUT2D eigenvalue weighted by molar-refractivity contribution is -0.137. The summed E-state index contributed by atoms with van der Waals surface area (Å²) in [5.74, 6) is -0.604. The van der Waals surface area contributed by atoms with Crippen molar-refractivity contribution in [2.24, 2.45) is 11.7 Å². The third-order valence-electron chi connectivity index (χ3n) is 2.50. The van der Waals surface area contributed by atoms with Gasteiger partial charge in [-0.2, -0.15) is 13.2 Å². The molecule has 1 aromatic carbocycles. The van der Waals surface area contributed by atoms with E-state index in [1.165, 1.54) is 6.07 Å². The lowest BCUT2D eigenvalue weighted by Gasteiger charge is -2.15. The molecule has 0 fully saturated rings. The smallest absolute Gasteiger partial charge is 0.330 e. The first-order valence-electron chi connectivity index (χ1n) is 5.60. The predicted molar refractivity (Wildman–Crippen MR) is 67.9 cm³/mol. The fraction of sp³-hybridized carbons (Fsp3) is 0.417. The molecular weight excluding hydrogens is 281 g/mol. The monoisotopic (exact) mass is 294 g/mol. The Morgan fingerprint density at radius 2 is 2.11 bits per heavy atom. The van der Waals surface area contributed by atoms with Crippen LogP contribution in [0.4, 0.5) is 18.9 Å². The second kappa shape index (κ2) is 6.25. The number of rotatable bonds is 4. The summed E-state index contributed by atoms with van der Waals surface area (Å²) in [6, 6.07) is 3.21. The zero-order valence-electron chi connectivity index (χ0n) is 10.2. The molecule has 0 heterocycles. The molecule has 0 aromatic heterocycles. The summed E-state index contributed by atoms with van der Waals surface area (Å²) in [5.41, 5.74) is 4.09. The third kappa shape index (κ3) is 4.72. The molecule has 1 aromatic rings. The lowest BCUT2D eigenvalue weighted by atomic mass is 10.1. The van der Waals surface area contributed by atoms with Gasteiger partial charge in [0.1, 0.15) is 0 Å². The van der Waals surface area contributed by atoms with Crippen LogP contribution in [0.5, 0.6) is 0 Å². The van der Waals surface area contributed by atoms with E-state index in [1.54, 1.807) is 6.92 Å². The summed E-state index contributed by atoms with van der Waals surface area (Å²) >= 11 is 5.54. The molecule has 0 saturated carbocycles. The van der Waals surface area contributed by atoms with Crippen LogP contribution in [-0.2, 0) is 11.0 Å². The first kappa shape index (κ1) is 15.8. The number of hydrogen-bond acceptors (Lipinski definition) is 2. The van der Waals surface area contributed by atoms with E-state index < -0.39 is 17.6 Å². The van der Waals surface area contributed by atoms with Gasteiger partial charge in [0.15, 0.2) is 0 Å². The SMILES string of the molecule is CC(CN)CC(=O)Nc1ccc(Cl)cc1C(F)(F)F. The lowest BCUT2D eigenvalue weighted by Crippen LogP contribution is -2.21. The minimum Gasteiger partial charge on any atom is -0.330 e. The molecule has 0 spiro atoms. The van der Waals surface area contributed by atoms with Gasteiger partial charge in [-0.3, -0.25) is 4.79 Å². The molecule has 1 unspecified atom stereocenters. The van der Waals surface area contributed by atoms with Gasteiger partial charge < -0.3 is 11.1 Å². The van der Waals surface area contributed by atoms with Crippen LogP contribution in [0, 0.1) is 5.92 Å². The van der Waals surface area contributed by atoms with Gasteiger partial charge in [0.2, 0.25) is 5.91 Å². The van der Waals surface area contributed by atoms with Gasteiger partial charge in [-0.05, 0) is 30.7 Å². The van der Waals surface area contributed by atoms with Crippen molar-refractivity contribution in [3.63, 3.8) is 0 Å². The average Bonchev–Trinajstić information content (AvgIpc) is 2.29. The quantitative estimate of drug-likeness (QED) is 0.895. The average molecular weight is 295 g/mol. The summed E-state index contributed by atoms with van der Waals surface area (Å²) in [5, 5.41) is 2.20. The van der Waals surface area contributed by atoms with Crippen LogP contribution >= 0.6 is 11.6 Å². The Morgan fingerprint density at radius 3 is 2.63 bits per heavy atom. The van der Waals surface area contributed by atoms with Crippen molar-refractivity contribution < 1.29 is 18.0 Å². The summed E-state index contributed by atoms with van der Waals surface area (Å²) in [6.45, 7) is 2.03. The number of halogens is 4. The summed E-state index contributed by atoms with van der Waals surface area (Å²) in [4.78, 5) is 11.6. The predicted octanol–water partition coefficient (Wildman–Crippen LogP) is 3.28. The zero-order valence-corrected chi connectivity index (χ0v) is 11.0. The number of hydrogen-bond donors (Lipinski definition) is 2. The van der Waals surface area contributed by atoms with E-state index >= 15 is 0 Å². The molecule has 19 heavy (non-hydrogen) atoms. The molecule has 1 rings (SSSR count). The summed E-state index contributed by atoms with van der Waals surface area (Å²) in [7, 11) is 0. The highest BCUT2D eigenvalue weighted by molar-refractivity contribution is 6.30. The molecule has 0 radical (unpaired) electrons. The summed E-state index contributed by atoms with van der Waals surface area (Å²) < 4.78 is 38.3. The molecule has 1 amide bonds. The first-order chi connectivity index (χ1) is 8.74. The van der Waals surface area contributed by atoms with Crippen molar-refractivity contribution in [3.8, 4) is 0 Å². The number of alkyl halides is 3. The standard InChI is InChI=1S/C12H14ClF3N2O/c1-7(6-17)4-11(19)18-10-3-2-8(13)5-9(10)12(14,15)16/h2-3,5,7H,4,6,17H2,1H3,(H,18,19). The van der Waals surface area contributed by atoms with Gasteiger partial charge in [0.05, 0.1) is 11.3 Å². The van der Waals surface area contributed by atoms with Gasteiger partial charge >= 0.3 is 6.18 Å². The van der Waals surface area contributed by atoms with E-state index in [9.17, 15) is 18.0 Å². The van der Waals surface area contributed by atoms with Crippen molar-refractivity contribution in [2.75, 3.05) is 11.9 Å². The van der Waals surface area contributed by atoms with Crippen molar-refractivity contribution in [1.82, 2.24) is 0 Å². The first-order valence-corrected chi connectivity index (χ1v) is 5.98. The summed E-state index contributed by atoms with van der Waals surface area (Å²) in [6.07, 6.45) is -4.51. The Hall–Kier alpha value is -1.27. The molecule has 0 aliphatic heterocycles. The Balaban J connectivity index is 2.92. The molecule has 1 atom stereocenters. The normalized spacial score (nSPS) is 13.2. The second-order valence-corrected chi connectivity index (χ2v) is 4.72. The highest BCUT2D eigenvalue weighted by atomic mass is 35.5. The third-order valence-corrected chi connectivity index (χ3v) is 2.73. The fourth-order valence-corrected chi connectivity index (χ4v) is 1.63. The fourth-order valence-electron chi connectivity index (χ4n) is 1.46. The molecular formula is C12H14ClF3N2O. The number of carbonyl (C=O) groups is 1. The molecule has 0 aliphatic carbocycles. The van der Waals surface area contributed by atoms with Crippen molar-refractivity contribution in [3.05, 3.63) is 28.8 Å². The van der Waals surface area contributed by atoms with Crippen molar-refractivity contribution >= 4 is 23.2 Å². The number of anilines is 1. The van der Waals surface area contributed by atoms with E-state index in [2.05, 4.69) is 5.32 Å². The highest BCUT2D eigenvalue weighted by Crippen LogP contribution is 2.36. The van der Waals surface area contributed by atoms with Crippen LogP contribution < -0.4 is 11.1 Å². The molecule has 3 N–H and O–H groups in total.